The number of carbonyl (C=O) groups excluding carboxylic acids is 1. The molecular formula is C18H24N2O3S2. The van der Waals surface area contributed by atoms with Crippen LogP contribution in [0.25, 0.3) is 0 Å². The molecule has 1 unspecified atom stereocenters. The topological polar surface area (TPSA) is 75.3 Å². The summed E-state index contributed by atoms with van der Waals surface area (Å²) in [5, 5.41) is 4.93. The Balaban J connectivity index is 1.91. The third-order valence-corrected chi connectivity index (χ3v) is 6.50. The Bertz CT molecular complexity index is 815. The van der Waals surface area contributed by atoms with Gasteiger partial charge in [0.2, 0.25) is 15.9 Å². The van der Waals surface area contributed by atoms with Gasteiger partial charge in [-0.05, 0) is 48.9 Å². The maximum Gasteiger partial charge on any atom is 0.240 e. The standard InChI is InChI=1S/C18H24N2O3S2/c1-4-15(16-6-5-11-24-16)20-18(21)9-10-19-25(22,23)17-12-13(2)7-8-14(17)3/h5-8,11-12,15,19H,4,9-10H2,1-3H3,(H,20,21). The molecule has 1 atom stereocenters. The molecule has 5 nitrogen and oxygen atoms in total. The zero-order valence-corrected chi connectivity index (χ0v) is 16.3. The molecule has 0 aliphatic carbocycles. The van der Waals surface area contributed by atoms with Crippen LogP contribution in [-0.4, -0.2) is 20.9 Å². The second-order valence-corrected chi connectivity index (χ2v) is 8.68. The molecule has 0 aliphatic heterocycles. The van der Waals surface area contributed by atoms with Crippen LogP contribution in [0.5, 0.6) is 0 Å². The molecule has 0 spiro atoms. The lowest BCUT2D eigenvalue weighted by Gasteiger charge is -2.16. The molecule has 7 heteroatoms. The maximum absolute atomic E-state index is 12.4. The molecule has 136 valence electrons. The summed E-state index contributed by atoms with van der Waals surface area (Å²) < 4.78 is 27.3. The first kappa shape index (κ1) is 19.6. The van der Waals surface area contributed by atoms with E-state index in [1.165, 1.54) is 0 Å². The minimum Gasteiger partial charge on any atom is -0.348 e. The third-order valence-electron chi connectivity index (χ3n) is 3.91. The summed E-state index contributed by atoms with van der Waals surface area (Å²) in [5.74, 6) is -0.163. The van der Waals surface area contributed by atoms with Crippen molar-refractivity contribution < 1.29 is 13.2 Å². The zero-order valence-electron chi connectivity index (χ0n) is 14.7. The number of thiophene rings is 1. The normalized spacial score (nSPS) is 12.8. The molecule has 1 aromatic carbocycles. The molecule has 0 aliphatic rings. The fourth-order valence-electron chi connectivity index (χ4n) is 2.50. The lowest BCUT2D eigenvalue weighted by atomic mass is 10.2. The Labute approximate surface area is 153 Å². The Kier molecular flexibility index (Phi) is 6.75. The summed E-state index contributed by atoms with van der Waals surface area (Å²) in [6, 6.07) is 9.21. The number of nitrogens with one attached hydrogen (secondary N) is 2. The van der Waals surface area contributed by atoms with Crippen LogP contribution in [0.2, 0.25) is 0 Å². The van der Waals surface area contributed by atoms with Crippen LogP contribution in [-0.2, 0) is 14.8 Å². The van der Waals surface area contributed by atoms with Gasteiger partial charge in [-0.1, -0.05) is 25.1 Å². The van der Waals surface area contributed by atoms with Gasteiger partial charge in [-0.2, -0.15) is 0 Å². The summed E-state index contributed by atoms with van der Waals surface area (Å²) in [6.07, 6.45) is 0.895. The molecule has 1 heterocycles. The Morgan fingerprint density at radius 1 is 1.24 bits per heavy atom. The highest BCUT2D eigenvalue weighted by atomic mass is 32.2. The van der Waals surface area contributed by atoms with E-state index in [0.717, 1.165) is 16.9 Å². The molecule has 2 rings (SSSR count). The minimum atomic E-state index is -3.61. The summed E-state index contributed by atoms with van der Waals surface area (Å²) in [5.41, 5.74) is 1.57. The average Bonchev–Trinajstić information content (AvgIpc) is 3.09. The van der Waals surface area contributed by atoms with E-state index in [9.17, 15) is 13.2 Å². The molecule has 0 fully saturated rings. The molecule has 25 heavy (non-hydrogen) atoms. The molecule has 2 aromatic rings. The van der Waals surface area contributed by atoms with Gasteiger partial charge in [0.05, 0.1) is 10.9 Å². The predicted octanol–water partition coefficient (Wildman–Crippen LogP) is 3.30. The lowest BCUT2D eigenvalue weighted by Crippen LogP contribution is -2.32. The van der Waals surface area contributed by atoms with Gasteiger partial charge in [0.1, 0.15) is 0 Å². The molecule has 2 N–H and O–H groups in total. The number of rotatable bonds is 8. The van der Waals surface area contributed by atoms with Crippen molar-refractivity contribution >= 4 is 27.3 Å². The van der Waals surface area contributed by atoms with Crippen molar-refractivity contribution in [3.8, 4) is 0 Å². The smallest absolute Gasteiger partial charge is 0.240 e. The van der Waals surface area contributed by atoms with Crippen LogP contribution in [0.15, 0.2) is 40.6 Å². The van der Waals surface area contributed by atoms with Crippen molar-refractivity contribution in [2.24, 2.45) is 0 Å². The first-order valence-corrected chi connectivity index (χ1v) is 10.6. The number of benzene rings is 1. The summed E-state index contributed by atoms with van der Waals surface area (Å²) >= 11 is 1.60. The second-order valence-electron chi connectivity index (χ2n) is 5.96. The van der Waals surface area contributed by atoms with E-state index >= 15 is 0 Å². The van der Waals surface area contributed by atoms with Crippen molar-refractivity contribution in [3.63, 3.8) is 0 Å². The van der Waals surface area contributed by atoms with E-state index in [1.54, 1.807) is 30.4 Å². The summed E-state index contributed by atoms with van der Waals surface area (Å²) in [6.45, 7) is 5.69. The molecule has 0 bridgehead atoms. The fraction of sp³-hybridized carbons (Fsp3) is 0.389. The molecule has 0 saturated carbocycles. The van der Waals surface area contributed by atoms with Gasteiger partial charge in [0.15, 0.2) is 0 Å². The SMILES string of the molecule is CCC(NC(=O)CCNS(=O)(=O)c1cc(C)ccc1C)c1cccs1. The number of sulfonamides is 1. The van der Waals surface area contributed by atoms with Crippen LogP contribution in [0.1, 0.15) is 41.8 Å². The quantitative estimate of drug-likeness (QED) is 0.738. The van der Waals surface area contributed by atoms with Crippen molar-refractivity contribution in [1.29, 1.82) is 0 Å². The number of amides is 1. The van der Waals surface area contributed by atoms with Crippen molar-refractivity contribution in [1.82, 2.24) is 10.0 Å². The van der Waals surface area contributed by atoms with Gasteiger partial charge in [0.25, 0.3) is 0 Å². The molecule has 0 saturated heterocycles. The molecule has 1 amide bonds. The van der Waals surface area contributed by atoms with Crippen LogP contribution < -0.4 is 10.0 Å². The first-order valence-electron chi connectivity index (χ1n) is 8.23. The van der Waals surface area contributed by atoms with Crippen molar-refractivity contribution in [3.05, 3.63) is 51.7 Å². The van der Waals surface area contributed by atoms with Crippen molar-refractivity contribution in [2.75, 3.05) is 6.54 Å². The van der Waals surface area contributed by atoms with Crippen LogP contribution >= 0.6 is 11.3 Å². The maximum atomic E-state index is 12.4. The number of carbonyl (C=O) groups is 1. The van der Waals surface area contributed by atoms with Gasteiger partial charge in [0, 0.05) is 17.8 Å². The molecule has 1 aromatic heterocycles. The third kappa shape index (κ3) is 5.39. The van der Waals surface area contributed by atoms with E-state index in [1.807, 2.05) is 37.4 Å². The van der Waals surface area contributed by atoms with Gasteiger partial charge in [-0.25, -0.2) is 13.1 Å². The van der Waals surface area contributed by atoms with Crippen LogP contribution in [0.4, 0.5) is 0 Å². The monoisotopic (exact) mass is 380 g/mol. The number of aryl methyl sites for hydroxylation is 2. The minimum absolute atomic E-state index is 0.0249. The first-order chi connectivity index (χ1) is 11.8. The van der Waals surface area contributed by atoms with Crippen LogP contribution in [0.3, 0.4) is 0 Å². The largest absolute Gasteiger partial charge is 0.348 e. The lowest BCUT2D eigenvalue weighted by molar-refractivity contribution is -0.121. The second kappa shape index (κ2) is 8.60. The fourth-order valence-corrected chi connectivity index (χ4v) is 4.72. The Morgan fingerprint density at radius 2 is 2.00 bits per heavy atom. The average molecular weight is 381 g/mol. The zero-order chi connectivity index (χ0) is 18.4. The van der Waals surface area contributed by atoms with Gasteiger partial charge in [-0.3, -0.25) is 4.79 Å². The van der Waals surface area contributed by atoms with Gasteiger partial charge >= 0.3 is 0 Å². The summed E-state index contributed by atoms with van der Waals surface area (Å²) in [7, 11) is -3.61. The number of hydrogen-bond donors (Lipinski definition) is 2. The van der Waals surface area contributed by atoms with E-state index < -0.39 is 10.0 Å². The van der Waals surface area contributed by atoms with E-state index in [-0.39, 0.29) is 29.8 Å². The highest BCUT2D eigenvalue weighted by molar-refractivity contribution is 7.89. The van der Waals surface area contributed by atoms with Crippen LogP contribution in [0, 0.1) is 13.8 Å². The van der Waals surface area contributed by atoms with Crippen molar-refractivity contribution in [2.45, 2.75) is 44.6 Å². The molecular weight excluding hydrogens is 356 g/mol. The Morgan fingerprint density at radius 3 is 2.64 bits per heavy atom. The number of hydrogen-bond acceptors (Lipinski definition) is 4. The molecule has 0 radical (unpaired) electrons. The van der Waals surface area contributed by atoms with E-state index in [4.69, 9.17) is 0 Å². The summed E-state index contributed by atoms with van der Waals surface area (Å²) in [4.78, 5) is 13.5. The van der Waals surface area contributed by atoms with E-state index in [2.05, 4.69) is 10.0 Å². The van der Waals surface area contributed by atoms with E-state index in [0.29, 0.717) is 5.56 Å². The van der Waals surface area contributed by atoms with Gasteiger partial charge < -0.3 is 5.32 Å². The highest BCUT2D eigenvalue weighted by Crippen LogP contribution is 2.21. The highest BCUT2D eigenvalue weighted by Gasteiger charge is 2.18. The Hall–Kier alpha value is -1.70. The predicted molar refractivity (Wildman–Crippen MR) is 101 cm³/mol. The van der Waals surface area contributed by atoms with Gasteiger partial charge in [-0.15, -0.1) is 11.3 Å².